The Hall–Kier alpha value is -2.35. The highest BCUT2D eigenvalue weighted by Gasteiger charge is 2.19. The Morgan fingerprint density at radius 1 is 1.09 bits per heavy atom. The summed E-state index contributed by atoms with van der Waals surface area (Å²) in [6.45, 7) is 2.06. The summed E-state index contributed by atoms with van der Waals surface area (Å²) in [5, 5.41) is 12.1. The van der Waals surface area contributed by atoms with E-state index < -0.39 is 0 Å². The Kier molecular flexibility index (Phi) is 5.75. The number of hydrogen-bond donors (Lipinski definition) is 1. The summed E-state index contributed by atoms with van der Waals surface area (Å²) in [4.78, 5) is 12.5. The van der Waals surface area contributed by atoms with Gasteiger partial charge in [-0.25, -0.2) is 0 Å². The van der Waals surface area contributed by atoms with E-state index in [0.717, 1.165) is 17.8 Å². The van der Waals surface area contributed by atoms with Crippen molar-refractivity contribution in [3.8, 4) is 17.2 Å². The first-order chi connectivity index (χ1) is 11.1. The van der Waals surface area contributed by atoms with Gasteiger partial charge >= 0.3 is 0 Å². The van der Waals surface area contributed by atoms with Crippen LogP contribution in [0.5, 0.6) is 17.2 Å². The maximum absolute atomic E-state index is 12.5. The fourth-order valence-corrected chi connectivity index (χ4v) is 2.83. The molecule has 2 aromatic rings. The van der Waals surface area contributed by atoms with Crippen molar-refractivity contribution in [1.29, 1.82) is 0 Å². The van der Waals surface area contributed by atoms with Crippen molar-refractivity contribution >= 4 is 22.4 Å². The number of ether oxygens (including phenoxy) is 3. The molecule has 23 heavy (non-hydrogen) atoms. The van der Waals surface area contributed by atoms with E-state index in [1.165, 1.54) is 32.7 Å². The van der Waals surface area contributed by atoms with E-state index in [4.69, 9.17) is 14.2 Å². The Bertz CT molecular complexity index is 687. The molecule has 1 heterocycles. The van der Waals surface area contributed by atoms with Gasteiger partial charge < -0.3 is 14.2 Å². The molecule has 0 bridgehead atoms. The maximum atomic E-state index is 12.5. The summed E-state index contributed by atoms with van der Waals surface area (Å²) in [5.74, 6) is 0.977. The number of hydrogen-bond acceptors (Lipinski definition) is 7. The second-order valence-corrected chi connectivity index (χ2v) is 5.67. The summed E-state index contributed by atoms with van der Waals surface area (Å²) in [6.07, 6.45) is 1.82. The second kappa shape index (κ2) is 7.77. The van der Waals surface area contributed by atoms with Crippen molar-refractivity contribution in [3.63, 3.8) is 0 Å². The van der Waals surface area contributed by atoms with Crippen LogP contribution in [0.25, 0.3) is 0 Å². The first-order valence-electron chi connectivity index (χ1n) is 7.06. The lowest BCUT2D eigenvalue weighted by molar-refractivity contribution is 0.102. The third-order valence-corrected chi connectivity index (χ3v) is 4.00. The van der Waals surface area contributed by atoms with Crippen LogP contribution in [-0.2, 0) is 6.42 Å². The molecule has 0 radical (unpaired) electrons. The van der Waals surface area contributed by atoms with Crippen LogP contribution in [0.4, 0.5) is 5.13 Å². The third kappa shape index (κ3) is 3.89. The molecule has 7 nitrogen and oxygen atoms in total. The lowest BCUT2D eigenvalue weighted by atomic mass is 10.1. The number of rotatable bonds is 7. The topological polar surface area (TPSA) is 82.6 Å². The van der Waals surface area contributed by atoms with Crippen LogP contribution in [0.3, 0.4) is 0 Å². The van der Waals surface area contributed by atoms with Crippen molar-refractivity contribution in [3.05, 3.63) is 22.7 Å². The highest BCUT2D eigenvalue weighted by atomic mass is 32.1. The number of nitrogens with one attached hydrogen (secondary N) is 1. The number of nitrogens with zero attached hydrogens (tertiary/aromatic N) is 2. The molecule has 0 saturated carbocycles. The monoisotopic (exact) mass is 337 g/mol. The molecule has 1 aromatic heterocycles. The first kappa shape index (κ1) is 17.0. The molecule has 8 heteroatoms. The minimum absolute atomic E-state index is 0.331. The van der Waals surface area contributed by atoms with E-state index in [2.05, 4.69) is 22.4 Å². The lowest BCUT2D eigenvalue weighted by Gasteiger charge is -2.13. The van der Waals surface area contributed by atoms with Crippen LogP contribution in [-0.4, -0.2) is 37.4 Å². The molecule has 0 unspecified atom stereocenters. The summed E-state index contributed by atoms with van der Waals surface area (Å²) in [7, 11) is 4.52. The predicted molar refractivity (Wildman–Crippen MR) is 88.0 cm³/mol. The number of methoxy groups -OCH3 is 3. The molecule has 0 aliphatic rings. The van der Waals surface area contributed by atoms with Gasteiger partial charge in [-0.1, -0.05) is 18.3 Å². The van der Waals surface area contributed by atoms with Crippen LogP contribution < -0.4 is 19.5 Å². The van der Waals surface area contributed by atoms with Gasteiger partial charge in [0.05, 0.1) is 26.9 Å². The average molecular weight is 337 g/mol. The van der Waals surface area contributed by atoms with Crippen LogP contribution in [0.15, 0.2) is 12.1 Å². The molecule has 0 fully saturated rings. The number of carbonyl (C=O) groups excluding carboxylic acids is 1. The maximum Gasteiger partial charge on any atom is 0.261 e. The average Bonchev–Trinajstić information content (AvgIpc) is 3.00. The Morgan fingerprint density at radius 2 is 1.74 bits per heavy atom. The van der Waals surface area contributed by atoms with Crippen molar-refractivity contribution < 1.29 is 19.0 Å². The zero-order chi connectivity index (χ0) is 16.8. The molecule has 0 atom stereocenters. The second-order valence-electron chi connectivity index (χ2n) is 4.61. The van der Waals surface area contributed by atoms with Crippen LogP contribution in [0.1, 0.15) is 28.7 Å². The van der Waals surface area contributed by atoms with Crippen LogP contribution in [0.2, 0.25) is 0 Å². The van der Waals surface area contributed by atoms with Gasteiger partial charge in [0.2, 0.25) is 5.13 Å². The third-order valence-electron chi connectivity index (χ3n) is 3.10. The van der Waals surface area contributed by atoms with E-state index in [-0.39, 0.29) is 5.91 Å². The van der Waals surface area contributed by atoms with E-state index in [0.29, 0.717) is 27.9 Å². The first-order valence-corrected chi connectivity index (χ1v) is 7.88. The van der Waals surface area contributed by atoms with E-state index in [1.807, 2.05) is 0 Å². The standard InChI is InChI=1S/C15H19N3O4S/c1-5-6-13-17-18-15(23-13)16-14(19)9-7-11(21-3)12(22-4)8-10(9)20-2/h7-8H,5-6H2,1-4H3,(H,16,18,19). The largest absolute Gasteiger partial charge is 0.496 e. The zero-order valence-corrected chi connectivity index (χ0v) is 14.3. The number of anilines is 1. The normalized spacial score (nSPS) is 10.3. The Labute approximate surface area is 138 Å². The molecular weight excluding hydrogens is 318 g/mol. The lowest BCUT2D eigenvalue weighted by Crippen LogP contribution is -2.13. The molecule has 0 saturated heterocycles. The summed E-state index contributed by atoms with van der Waals surface area (Å²) >= 11 is 1.36. The Balaban J connectivity index is 2.26. The molecule has 0 aliphatic heterocycles. The van der Waals surface area contributed by atoms with E-state index in [1.54, 1.807) is 12.1 Å². The molecule has 2 rings (SSSR count). The minimum Gasteiger partial charge on any atom is -0.496 e. The van der Waals surface area contributed by atoms with Gasteiger partial charge in [0, 0.05) is 18.6 Å². The van der Waals surface area contributed by atoms with Crippen molar-refractivity contribution in [2.24, 2.45) is 0 Å². The fourth-order valence-electron chi connectivity index (χ4n) is 1.99. The van der Waals surface area contributed by atoms with Gasteiger partial charge in [-0.2, -0.15) is 0 Å². The molecule has 1 N–H and O–H groups in total. The molecule has 1 amide bonds. The number of aryl methyl sites for hydroxylation is 1. The zero-order valence-electron chi connectivity index (χ0n) is 13.5. The van der Waals surface area contributed by atoms with Crippen molar-refractivity contribution in [2.45, 2.75) is 19.8 Å². The van der Waals surface area contributed by atoms with Crippen LogP contribution in [0, 0.1) is 0 Å². The summed E-state index contributed by atoms with van der Waals surface area (Å²) < 4.78 is 15.7. The number of aromatic nitrogens is 2. The van der Waals surface area contributed by atoms with Crippen molar-refractivity contribution in [2.75, 3.05) is 26.6 Å². The highest BCUT2D eigenvalue weighted by Crippen LogP contribution is 2.35. The van der Waals surface area contributed by atoms with Gasteiger partial charge in [0.1, 0.15) is 10.8 Å². The van der Waals surface area contributed by atoms with E-state index >= 15 is 0 Å². The minimum atomic E-state index is -0.345. The van der Waals surface area contributed by atoms with Gasteiger partial charge in [-0.15, -0.1) is 10.2 Å². The van der Waals surface area contributed by atoms with E-state index in [9.17, 15) is 4.79 Å². The summed E-state index contributed by atoms with van der Waals surface area (Å²) in [6, 6.07) is 3.18. The molecular formula is C15H19N3O4S. The number of amides is 1. The number of carbonyl (C=O) groups is 1. The van der Waals surface area contributed by atoms with Crippen LogP contribution >= 0.6 is 11.3 Å². The predicted octanol–water partition coefficient (Wildman–Crippen LogP) is 2.77. The van der Waals surface area contributed by atoms with Gasteiger partial charge in [-0.3, -0.25) is 10.1 Å². The van der Waals surface area contributed by atoms with Gasteiger partial charge in [-0.05, 0) is 6.42 Å². The number of benzene rings is 1. The van der Waals surface area contributed by atoms with Crippen molar-refractivity contribution in [1.82, 2.24) is 10.2 Å². The van der Waals surface area contributed by atoms with Gasteiger partial charge in [0.15, 0.2) is 11.5 Å². The smallest absolute Gasteiger partial charge is 0.261 e. The quantitative estimate of drug-likeness (QED) is 0.836. The molecule has 124 valence electrons. The molecule has 0 spiro atoms. The van der Waals surface area contributed by atoms with Gasteiger partial charge in [0.25, 0.3) is 5.91 Å². The fraction of sp³-hybridized carbons (Fsp3) is 0.400. The summed E-state index contributed by atoms with van der Waals surface area (Å²) in [5.41, 5.74) is 0.331. The Morgan fingerprint density at radius 3 is 2.35 bits per heavy atom. The molecule has 1 aromatic carbocycles. The molecule has 0 aliphatic carbocycles. The highest BCUT2D eigenvalue weighted by molar-refractivity contribution is 7.15. The SMILES string of the molecule is CCCc1nnc(NC(=O)c2cc(OC)c(OC)cc2OC)s1.